The van der Waals surface area contributed by atoms with Crippen LogP contribution in [0.3, 0.4) is 0 Å². The van der Waals surface area contributed by atoms with E-state index in [9.17, 15) is 5.11 Å². The lowest BCUT2D eigenvalue weighted by Gasteiger charge is -2.37. The lowest BCUT2D eigenvalue weighted by molar-refractivity contribution is 0.133. The fourth-order valence-corrected chi connectivity index (χ4v) is 10.7. The van der Waals surface area contributed by atoms with Crippen LogP contribution in [0.5, 0.6) is 17.2 Å². The van der Waals surface area contributed by atoms with Crippen molar-refractivity contribution >= 4 is 28.8 Å². The van der Waals surface area contributed by atoms with Gasteiger partial charge < -0.3 is 23.2 Å². The molecule has 9 aromatic rings. The maximum Gasteiger partial charge on any atom is 0.464 e. The molecule has 0 aliphatic heterocycles. The molecule has 0 saturated carbocycles. The van der Waals surface area contributed by atoms with Gasteiger partial charge in [-0.3, -0.25) is 4.52 Å². The summed E-state index contributed by atoms with van der Waals surface area (Å²) in [5.41, 5.74) is 8.93. The number of phenolic OH excluding ortho intramolecular Hbond substituents is 1. The lowest BCUT2D eigenvalue weighted by atomic mass is 9.80. The Balaban J connectivity index is 0.000000213. The minimum Gasteiger partial charge on any atom is -0.508 e. The van der Waals surface area contributed by atoms with Gasteiger partial charge in [-0.1, -0.05) is 292 Å². The molecule has 0 aromatic heterocycles. The van der Waals surface area contributed by atoms with E-state index in [0.717, 1.165) is 55.7 Å². The van der Waals surface area contributed by atoms with Crippen LogP contribution < -0.4 is 9.05 Å². The SMILES string of the molecule is C=C(OPOC1C=CC=CC=C1c1ccccc1)/C(=C\C=C/C)c1ccccc1.Oc1ccccc1C(OP(Oc1ccccc1-c1ccccc1)Oc1ccccc1-c1ccccc1)(c1ccccc1)c1ccccc1. The molecule has 0 spiro atoms. The first-order chi connectivity index (χ1) is 38.0. The third-order valence-electron chi connectivity index (χ3n) is 12.5. The van der Waals surface area contributed by atoms with Gasteiger partial charge in [-0.25, -0.2) is 0 Å². The Morgan fingerprint density at radius 3 is 1.53 bits per heavy atom. The molecule has 9 aromatic carbocycles. The molecule has 77 heavy (non-hydrogen) atoms. The van der Waals surface area contributed by atoms with E-state index in [1.165, 1.54) is 0 Å². The highest BCUT2D eigenvalue weighted by Gasteiger charge is 2.45. The molecule has 2 unspecified atom stereocenters. The molecule has 380 valence electrons. The zero-order valence-corrected chi connectivity index (χ0v) is 44.5. The first kappa shape index (κ1) is 53.2. The number of phenols is 1. The van der Waals surface area contributed by atoms with Gasteiger partial charge in [0.05, 0.1) is 0 Å². The van der Waals surface area contributed by atoms with Gasteiger partial charge in [0.1, 0.15) is 29.1 Å². The average Bonchev–Trinajstić information content (AvgIpc) is 3.76. The van der Waals surface area contributed by atoms with E-state index >= 15 is 0 Å². The zero-order valence-electron chi connectivity index (χ0n) is 42.6. The number of rotatable bonds is 19. The molecular weight excluding hydrogens is 987 g/mol. The van der Waals surface area contributed by atoms with Crippen LogP contribution in [0.15, 0.2) is 316 Å². The van der Waals surface area contributed by atoms with E-state index in [4.69, 9.17) is 22.6 Å². The van der Waals surface area contributed by atoms with Crippen LogP contribution in [-0.2, 0) is 19.2 Å². The Labute approximate surface area is 455 Å². The van der Waals surface area contributed by atoms with Crippen molar-refractivity contribution in [1.29, 1.82) is 0 Å². The number of aromatic hydroxyl groups is 1. The van der Waals surface area contributed by atoms with Gasteiger partial charge in [-0.15, -0.1) is 0 Å². The van der Waals surface area contributed by atoms with Crippen LogP contribution in [0.25, 0.3) is 33.4 Å². The van der Waals surface area contributed by atoms with E-state index in [1.54, 1.807) is 6.07 Å². The summed E-state index contributed by atoms with van der Waals surface area (Å²) in [6.45, 7) is 6.10. The first-order valence-electron chi connectivity index (χ1n) is 25.3. The number of benzene rings is 9. The van der Waals surface area contributed by atoms with Crippen LogP contribution in [0, 0.1) is 0 Å². The Morgan fingerprint density at radius 2 is 1.00 bits per heavy atom. The second kappa shape index (κ2) is 27.3. The number of hydrogen-bond acceptors (Lipinski definition) is 6. The van der Waals surface area contributed by atoms with Crippen LogP contribution in [-0.4, -0.2) is 11.2 Å². The Hall–Kier alpha value is -8.60. The van der Waals surface area contributed by atoms with Crippen molar-refractivity contribution in [1.82, 2.24) is 0 Å². The molecule has 0 fully saturated rings. The van der Waals surface area contributed by atoms with Crippen LogP contribution in [0.1, 0.15) is 34.7 Å². The lowest BCUT2D eigenvalue weighted by Crippen LogP contribution is -2.32. The van der Waals surface area contributed by atoms with Crippen molar-refractivity contribution in [2.45, 2.75) is 18.6 Å². The van der Waals surface area contributed by atoms with E-state index in [1.807, 2.05) is 262 Å². The average molecular weight is 1050 g/mol. The van der Waals surface area contributed by atoms with Gasteiger partial charge in [0, 0.05) is 22.3 Å². The van der Waals surface area contributed by atoms with Crippen LogP contribution in [0.4, 0.5) is 0 Å². The minimum absolute atomic E-state index is 0.0922. The van der Waals surface area contributed by atoms with E-state index in [2.05, 4.69) is 49.1 Å². The summed E-state index contributed by atoms with van der Waals surface area (Å²) >= 11 is 0. The fourth-order valence-electron chi connectivity index (χ4n) is 8.80. The summed E-state index contributed by atoms with van der Waals surface area (Å²) in [6, 6.07) is 83.4. The molecule has 0 heterocycles. The van der Waals surface area contributed by atoms with Crippen molar-refractivity contribution in [3.63, 3.8) is 0 Å². The van der Waals surface area contributed by atoms with Crippen molar-refractivity contribution in [2.75, 3.05) is 0 Å². The Morgan fingerprint density at radius 1 is 0.532 bits per heavy atom. The third-order valence-corrected chi connectivity index (χ3v) is 14.3. The normalized spacial score (nSPS) is 13.4. The summed E-state index contributed by atoms with van der Waals surface area (Å²) in [5, 5.41) is 11.5. The molecule has 2 atom stereocenters. The summed E-state index contributed by atoms with van der Waals surface area (Å²) in [7, 11) is -2.38. The maximum atomic E-state index is 11.5. The number of allylic oxidation sites excluding steroid dienone is 8. The molecule has 0 radical (unpaired) electrons. The summed E-state index contributed by atoms with van der Waals surface area (Å²) in [5.74, 6) is 1.90. The number of para-hydroxylation sites is 3. The molecular formula is C69H58O6P2. The zero-order chi connectivity index (χ0) is 52.9. The van der Waals surface area contributed by atoms with Crippen molar-refractivity contribution in [3.05, 3.63) is 344 Å². The minimum atomic E-state index is -2.21. The fraction of sp³-hybridized carbons (Fsp3) is 0.0435. The highest BCUT2D eigenvalue weighted by atomic mass is 31.2. The maximum absolute atomic E-state index is 11.5. The molecule has 10 rings (SSSR count). The highest BCUT2D eigenvalue weighted by molar-refractivity contribution is 7.42. The predicted molar refractivity (Wildman–Crippen MR) is 319 cm³/mol. The second-order valence-corrected chi connectivity index (χ2v) is 19.1. The molecule has 1 aliphatic carbocycles. The van der Waals surface area contributed by atoms with Gasteiger partial charge in [0.25, 0.3) is 0 Å². The smallest absolute Gasteiger partial charge is 0.464 e. The Kier molecular flexibility index (Phi) is 18.8. The second-order valence-electron chi connectivity index (χ2n) is 17.5. The summed E-state index contributed by atoms with van der Waals surface area (Å²) in [6.07, 6.45) is 15.9. The van der Waals surface area contributed by atoms with Gasteiger partial charge in [0.15, 0.2) is 5.60 Å². The highest BCUT2D eigenvalue weighted by Crippen LogP contribution is 2.56. The Bertz CT molecular complexity index is 3330. The molecule has 0 saturated heterocycles. The molecule has 1 N–H and O–H groups in total. The molecule has 0 bridgehead atoms. The molecule has 8 heteroatoms. The summed E-state index contributed by atoms with van der Waals surface area (Å²) < 4.78 is 33.1. The topological polar surface area (TPSA) is 66.4 Å². The molecule has 6 nitrogen and oxygen atoms in total. The van der Waals surface area contributed by atoms with E-state index in [-0.39, 0.29) is 20.9 Å². The van der Waals surface area contributed by atoms with Gasteiger partial charge >= 0.3 is 8.60 Å². The monoisotopic (exact) mass is 1040 g/mol. The summed E-state index contributed by atoms with van der Waals surface area (Å²) in [4.78, 5) is 0. The van der Waals surface area contributed by atoms with Crippen molar-refractivity contribution in [3.8, 4) is 39.5 Å². The van der Waals surface area contributed by atoms with E-state index in [0.29, 0.717) is 22.8 Å². The quantitative estimate of drug-likeness (QED) is 0.0377. The number of hydrogen-bond donors (Lipinski definition) is 1. The van der Waals surface area contributed by atoms with Gasteiger partial charge in [-0.05, 0) is 64.1 Å². The predicted octanol–water partition coefficient (Wildman–Crippen LogP) is 18.7. The standard InChI is InChI=1S/C43H33O4P.C26H25O2P/c44-40-30-16-15-29-39(40)43(35-23-9-3-10-24-35,36-25-11-4-12-26-36)47-48(45-41-31-17-13-27-37(41)33-19-5-1-6-20-33)46-42-32-18-14-28-38(42)34-21-7-2-8-22-34;1-3-4-18-24(22-14-8-5-9-15-22)21(2)27-29-28-26-20-13-7-12-19-25(26)23-16-10-6-11-17-23/h1-32,44H;3-20,26,29H,2H2,1H3/b;4-3-,24-18+. The van der Waals surface area contributed by atoms with Crippen LogP contribution >= 0.6 is 17.6 Å². The first-order valence-corrected chi connectivity index (χ1v) is 27.2. The molecule has 1 aliphatic rings. The van der Waals surface area contributed by atoms with Gasteiger partial charge in [0.2, 0.25) is 9.03 Å². The van der Waals surface area contributed by atoms with Crippen molar-refractivity contribution in [2.24, 2.45) is 0 Å². The molecule has 0 amide bonds. The largest absolute Gasteiger partial charge is 0.508 e. The van der Waals surface area contributed by atoms with Crippen molar-refractivity contribution < 1.29 is 27.7 Å². The third kappa shape index (κ3) is 13.6. The van der Waals surface area contributed by atoms with Gasteiger partial charge in [-0.2, -0.15) is 0 Å². The van der Waals surface area contributed by atoms with E-state index < -0.39 is 14.2 Å². The van der Waals surface area contributed by atoms with Crippen LogP contribution in [0.2, 0.25) is 0 Å².